The van der Waals surface area contributed by atoms with Crippen LogP contribution >= 0.6 is 0 Å². The Balaban J connectivity index is 2.25. The van der Waals surface area contributed by atoms with E-state index in [9.17, 15) is 0 Å². The second-order valence-electron chi connectivity index (χ2n) is 3.74. The van der Waals surface area contributed by atoms with Gasteiger partial charge in [0.15, 0.2) is 5.96 Å². The molecule has 1 saturated heterocycles. The molecule has 0 spiro atoms. The SMILES string of the molecule is CCN(C)CCN=C(N)N1CCOCC1. The van der Waals surface area contributed by atoms with Crippen LogP contribution in [-0.4, -0.2) is 68.7 Å². The number of ether oxygens (including phenoxy) is 1. The molecule has 1 rings (SSSR count). The van der Waals surface area contributed by atoms with Gasteiger partial charge in [-0.25, -0.2) is 0 Å². The number of rotatable bonds is 4. The van der Waals surface area contributed by atoms with Crippen LogP contribution in [0.4, 0.5) is 0 Å². The van der Waals surface area contributed by atoms with E-state index in [2.05, 4.69) is 28.8 Å². The van der Waals surface area contributed by atoms with Crippen LogP contribution in [0.15, 0.2) is 4.99 Å². The number of likely N-dealkylation sites (N-methyl/N-ethyl adjacent to an activating group) is 1. The summed E-state index contributed by atoms with van der Waals surface area (Å²) < 4.78 is 5.25. The van der Waals surface area contributed by atoms with Gasteiger partial charge in [0.1, 0.15) is 0 Å². The monoisotopic (exact) mass is 214 g/mol. The molecule has 0 saturated carbocycles. The lowest BCUT2D eigenvalue weighted by atomic mass is 10.4. The lowest BCUT2D eigenvalue weighted by molar-refractivity contribution is 0.0674. The van der Waals surface area contributed by atoms with Gasteiger partial charge in [-0.05, 0) is 13.6 Å². The Morgan fingerprint density at radius 2 is 2.13 bits per heavy atom. The summed E-state index contributed by atoms with van der Waals surface area (Å²) in [5.74, 6) is 0.655. The molecule has 0 aromatic heterocycles. The van der Waals surface area contributed by atoms with Gasteiger partial charge < -0.3 is 20.3 Å². The molecule has 5 nitrogen and oxygen atoms in total. The topological polar surface area (TPSA) is 54.1 Å². The van der Waals surface area contributed by atoms with Gasteiger partial charge in [-0.15, -0.1) is 0 Å². The highest BCUT2D eigenvalue weighted by molar-refractivity contribution is 5.78. The molecule has 0 aromatic carbocycles. The molecule has 5 heteroatoms. The summed E-state index contributed by atoms with van der Waals surface area (Å²) in [5.41, 5.74) is 5.88. The third-order valence-electron chi connectivity index (χ3n) is 2.63. The first kappa shape index (κ1) is 12.3. The zero-order valence-electron chi connectivity index (χ0n) is 9.78. The van der Waals surface area contributed by atoms with Crippen molar-refractivity contribution in [2.75, 3.05) is 53.0 Å². The maximum absolute atomic E-state index is 5.88. The maximum atomic E-state index is 5.88. The third kappa shape index (κ3) is 4.48. The maximum Gasteiger partial charge on any atom is 0.191 e. The molecule has 0 radical (unpaired) electrons. The van der Waals surface area contributed by atoms with Gasteiger partial charge in [0.2, 0.25) is 0 Å². The smallest absolute Gasteiger partial charge is 0.191 e. The molecule has 1 aliphatic heterocycles. The normalized spacial score (nSPS) is 18.6. The fourth-order valence-electron chi connectivity index (χ4n) is 1.39. The second-order valence-corrected chi connectivity index (χ2v) is 3.74. The van der Waals surface area contributed by atoms with Crippen molar-refractivity contribution in [3.63, 3.8) is 0 Å². The van der Waals surface area contributed by atoms with E-state index in [0.29, 0.717) is 5.96 Å². The summed E-state index contributed by atoms with van der Waals surface area (Å²) in [6.45, 7) is 8.14. The van der Waals surface area contributed by atoms with Gasteiger partial charge in [-0.1, -0.05) is 6.92 Å². The van der Waals surface area contributed by atoms with Gasteiger partial charge in [0.05, 0.1) is 19.8 Å². The fraction of sp³-hybridized carbons (Fsp3) is 0.900. The van der Waals surface area contributed by atoms with E-state index in [1.165, 1.54) is 0 Å². The number of nitrogens with zero attached hydrogens (tertiary/aromatic N) is 3. The van der Waals surface area contributed by atoms with E-state index < -0.39 is 0 Å². The number of morpholine rings is 1. The average molecular weight is 214 g/mol. The highest BCUT2D eigenvalue weighted by Crippen LogP contribution is 1.95. The summed E-state index contributed by atoms with van der Waals surface area (Å²) in [6.07, 6.45) is 0. The standard InChI is InChI=1S/C10H22N4O/c1-3-13(2)5-4-12-10(11)14-6-8-15-9-7-14/h3-9H2,1-2H3,(H2,11,12). The fourth-order valence-corrected chi connectivity index (χ4v) is 1.39. The molecule has 0 aromatic rings. The number of hydrogen-bond acceptors (Lipinski definition) is 3. The summed E-state index contributed by atoms with van der Waals surface area (Å²) >= 11 is 0. The van der Waals surface area contributed by atoms with Crippen LogP contribution < -0.4 is 5.73 Å². The van der Waals surface area contributed by atoms with Crippen molar-refractivity contribution in [2.45, 2.75) is 6.92 Å². The van der Waals surface area contributed by atoms with Crippen LogP contribution in [-0.2, 0) is 4.74 Å². The van der Waals surface area contributed by atoms with Crippen molar-refractivity contribution in [2.24, 2.45) is 10.7 Å². The van der Waals surface area contributed by atoms with Gasteiger partial charge in [-0.2, -0.15) is 0 Å². The highest BCUT2D eigenvalue weighted by Gasteiger charge is 2.11. The minimum Gasteiger partial charge on any atom is -0.378 e. The minimum absolute atomic E-state index is 0.655. The predicted octanol–water partition coefficient (Wildman–Crippen LogP) is -0.415. The molecule has 0 amide bonds. The quantitative estimate of drug-likeness (QED) is 0.510. The average Bonchev–Trinajstić information content (AvgIpc) is 2.29. The van der Waals surface area contributed by atoms with E-state index in [1.54, 1.807) is 0 Å². The Hall–Kier alpha value is -0.810. The number of guanidine groups is 1. The molecule has 88 valence electrons. The van der Waals surface area contributed by atoms with Crippen molar-refractivity contribution in [1.29, 1.82) is 0 Å². The molecule has 15 heavy (non-hydrogen) atoms. The summed E-state index contributed by atoms with van der Waals surface area (Å²) in [4.78, 5) is 8.66. The molecule has 0 bridgehead atoms. The van der Waals surface area contributed by atoms with Gasteiger partial charge in [0, 0.05) is 19.6 Å². The van der Waals surface area contributed by atoms with Crippen molar-refractivity contribution in [3.8, 4) is 0 Å². The third-order valence-corrected chi connectivity index (χ3v) is 2.63. The van der Waals surface area contributed by atoms with E-state index >= 15 is 0 Å². The van der Waals surface area contributed by atoms with E-state index in [-0.39, 0.29) is 0 Å². The van der Waals surface area contributed by atoms with Gasteiger partial charge in [-0.3, -0.25) is 4.99 Å². The van der Waals surface area contributed by atoms with Crippen molar-refractivity contribution in [1.82, 2.24) is 9.80 Å². The summed E-state index contributed by atoms with van der Waals surface area (Å²) in [6, 6.07) is 0. The largest absolute Gasteiger partial charge is 0.378 e. The van der Waals surface area contributed by atoms with Crippen molar-refractivity contribution in [3.05, 3.63) is 0 Å². The second kappa shape index (κ2) is 6.63. The molecule has 1 aliphatic rings. The Labute approximate surface area is 91.9 Å². The molecule has 0 unspecified atom stereocenters. The van der Waals surface area contributed by atoms with E-state index in [4.69, 9.17) is 10.5 Å². The summed E-state index contributed by atoms with van der Waals surface area (Å²) in [5, 5.41) is 0. The van der Waals surface area contributed by atoms with Crippen LogP contribution in [0, 0.1) is 0 Å². The Morgan fingerprint density at radius 1 is 1.47 bits per heavy atom. The molecule has 2 N–H and O–H groups in total. The molecule has 1 heterocycles. The van der Waals surface area contributed by atoms with Crippen molar-refractivity contribution >= 4 is 5.96 Å². The first-order chi connectivity index (χ1) is 7.24. The number of nitrogens with two attached hydrogens (primary N) is 1. The first-order valence-electron chi connectivity index (χ1n) is 5.55. The molecule has 1 fully saturated rings. The zero-order chi connectivity index (χ0) is 11.1. The molecular weight excluding hydrogens is 192 g/mol. The van der Waals surface area contributed by atoms with Crippen LogP contribution in [0.5, 0.6) is 0 Å². The molecule has 0 atom stereocenters. The Bertz CT molecular complexity index is 202. The van der Waals surface area contributed by atoms with E-state index in [0.717, 1.165) is 45.9 Å². The minimum atomic E-state index is 0.655. The lowest BCUT2D eigenvalue weighted by Gasteiger charge is -2.27. The predicted molar refractivity (Wildman–Crippen MR) is 62.1 cm³/mol. The molecule has 0 aliphatic carbocycles. The Kier molecular flexibility index (Phi) is 5.42. The summed E-state index contributed by atoms with van der Waals surface area (Å²) in [7, 11) is 2.08. The van der Waals surface area contributed by atoms with Crippen LogP contribution in [0.2, 0.25) is 0 Å². The van der Waals surface area contributed by atoms with Crippen molar-refractivity contribution < 1.29 is 4.74 Å². The van der Waals surface area contributed by atoms with Crippen LogP contribution in [0.1, 0.15) is 6.92 Å². The van der Waals surface area contributed by atoms with E-state index in [1.807, 2.05) is 0 Å². The number of aliphatic imine (C=N–C) groups is 1. The number of hydrogen-bond donors (Lipinski definition) is 1. The van der Waals surface area contributed by atoms with Crippen LogP contribution in [0.3, 0.4) is 0 Å². The lowest BCUT2D eigenvalue weighted by Crippen LogP contribution is -2.45. The first-order valence-corrected chi connectivity index (χ1v) is 5.55. The van der Waals surface area contributed by atoms with Gasteiger partial charge in [0.25, 0.3) is 0 Å². The van der Waals surface area contributed by atoms with Crippen LogP contribution in [0.25, 0.3) is 0 Å². The zero-order valence-corrected chi connectivity index (χ0v) is 9.78. The highest BCUT2D eigenvalue weighted by atomic mass is 16.5. The van der Waals surface area contributed by atoms with Gasteiger partial charge >= 0.3 is 0 Å². The molecular formula is C10H22N4O. The Morgan fingerprint density at radius 3 is 2.73 bits per heavy atom.